The molecule has 0 atom stereocenters. The first-order valence-corrected chi connectivity index (χ1v) is 26.3. The molecule has 0 N–H and O–H groups in total. The van der Waals surface area contributed by atoms with E-state index in [0.717, 1.165) is 54.0 Å². The maximum atomic E-state index is 15.5. The highest BCUT2D eigenvalue weighted by Crippen LogP contribution is 2.46. The van der Waals surface area contributed by atoms with Gasteiger partial charge in [0.25, 0.3) is 0 Å². The van der Waals surface area contributed by atoms with Crippen LogP contribution < -0.4 is 15.9 Å². The van der Waals surface area contributed by atoms with Crippen molar-refractivity contribution in [2.24, 2.45) is 0 Å². The third-order valence-electron chi connectivity index (χ3n) is 14.0. The van der Waals surface area contributed by atoms with Gasteiger partial charge in [0, 0.05) is 43.9 Å². The predicted molar refractivity (Wildman–Crippen MR) is 305 cm³/mol. The van der Waals surface area contributed by atoms with Crippen molar-refractivity contribution in [2.75, 3.05) is 0 Å². The fourth-order valence-electron chi connectivity index (χ4n) is 10.8. The van der Waals surface area contributed by atoms with Crippen LogP contribution in [0.1, 0.15) is 0 Å². The second-order valence-electron chi connectivity index (χ2n) is 18.1. The first kappa shape index (κ1) is 42.8. The predicted octanol–water partition coefficient (Wildman–Crippen LogP) is 17.0. The van der Waals surface area contributed by atoms with Gasteiger partial charge in [-0.2, -0.15) is 0 Å². The molecule has 5 heteroatoms. The molecule has 0 bridgehead atoms. The van der Waals surface area contributed by atoms with E-state index in [1.54, 1.807) is 0 Å². The Hall–Kier alpha value is -8.27. The van der Waals surface area contributed by atoms with Gasteiger partial charge >= 0.3 is 0 Å². The molecule has 3 nitrogen and oxygen atoms in total. The summed E-state index contributed by atoms with van der Waals surface area (Å²) in [6.07, 6.45) is 3.65. The van der Waals surface area contributed by atoms with E-state index in [0.29, 0.717) is 0 Å². The van der Waals surface area contributed by atoms with E-state index in [-0.39, 0.29) is 0 Å². The Kier molecular flexibility index (Phi) is 10.6. The molecule has 0 spiro atoms. The van der Waals surface area contributed by atoms with Crippen LogP contribution in [0.25, 0.3) is 109 Å². The first-order chi connectivity index (χ1) is 35.0. The molecule has 14 aromatic rings. The molecule has 0 aliphatic heterocycles. The number of hydrogen-bond acceptors (Lipinski definition) is 3. The highest BCUT2D eigenvalue weighted by atomic mass is 79.9. The molecule has 2 aromatic heterocycles. The fourth-order valence-corrected chi connectivity index (χ4v) is 14.0. The lowest BCUT2D eigenvalue weighted by atomic mass is 9.89. The Morgan fingerprint density at radius 2 is 0.690 bits per heavy atom. The Morgan fingerprint density at radius 3 is 1.15 bits per heavy atom. The molecular weight excluding hydrogens is 948 g/mol. The van der Waals surface area contributed by atoms with Crippen LogP contribution in [0.5, 0.6) is 0 Å². The highest BCUT2D eigenvalue weighted by molar-refractivity contribution is 9.10. The third kappa shape index (κ3) is 7.47. The van der Waals surface area contributed by atoms with Crippen LogP contribution in [-0.2, 0) is 4.57 Å². The van der Waals surface area contributed by atoms with Crippen LogP contribution in [-0.4, -0.2) is 9.97 Å². The third-order valence-corrected chi connectivity index (χ3v) is 17.5. The van der Waals surface area contributed by atoms with Gasteiger partial charge in [-0.15, -0.1) is 0 Å². The minimum Gasteiger partial charge on any atom is -0.309 e. The molecule has 71 heavy (non-hydrogen) atoms. The second kappa shape index (κ2) is 17.6. The minimum absolute atomic E-state index is 0.795. The SMILES string of the molecule is Brc1cc(-c2ccccn2)cc(-c2ccc3ccc4cccc5ccc2c3c45)c1.O=P(c1ccccc1)(c1ccccc1)c1cc(-c2ccccn2)cc(-c2ccc3ccc4cccc5ccc2c3c45)c1. The van der Waals surface area contributed by atoms with Gasteiger partial charge in [-0.1, -0.05) is 198 Å². The van der Waals surface area contributed by atoms with E-state index in [9.17, 15) is 0 Å². The van der Waals surface area contributed by atoms with E-state index in [1.807, 2.05) is 103 Å². The summed E-state index contributed by atoms with van der Waals surface area (Å²) in [4.78, 5) is 9.22. The molecule has 0 aliphatic rings. The molecule has 0 radical (unpaired) electrons. The summed E-state index contributed by atoms with van der Waals surface area (Å²) >= 11 is 3.71. The summed E-state index contributed by atoms with van der Waals surface area (Å²) in [6.45, 7) is 0. The van der Waals surface area contributed by atoms with Gasteiger partial charge in [-0.05, 0) is 148 Å². The molecule has 14 rings (SSSR count). The molecule has 2 heterocycles. The molecule has 0 unspecified atom stereocenters. The highest BCUT2D eigenvalue weighted by Gasteiger charge is 2.31. The zero-order chi connectivity index (χ0) is 47.5. The zero-order valence-electron chi connectivity index (χ0n) is 38.4. The molecule has 0 aliphatic carbocycles. The van der Waals surface area contributed by atoms with Crippen molar-refractivity contribution in [3.8, 4) is 44.8 Å². The number of aromatic nitrogens is 2. The Bertz CT molecular complexity index is 4240. The molecule has 0 saturated carbocycles. The van der Waals surface area contributed by atoms with Gasteiger partial charge in [-0.25, -0.2) is 0 Å². The summed E-state index contributed by atoms with van der Waals surface area (Å²) in [5.41, 5.74) is 8.47. The van der Waals surface area contributed by atoms with Crippen LogP contribution in [0.3, 0.4) is 0 Å². The van der Waals surface area contributed by atoms with Gasteiger partial charge in [0.2, 0.25) is 0 Å². The smallest absolute Gasteiger partial charge is 0.171 e. The largest absolute Gasteiger partial charge is 0.309 e. The number of rotatable bonds is 7. The van der Waals surface area contributed by atoms with Gasteiger partial charge in [0.15, 0.2) is 7.14 Å². The normalized spacial score (nSPS) is 11.8. The minimum atomic E-state index is -3.22. The second-order valence-corrected chi connectivity index (χ2v) is 21.8. The van der Waals surface area contributed by atoms with Crippen molar-refractivity contribution in [2.45, 2.75) is 0 Å². The average molecular weight is 990 g/mol. The molecule has 12 aromatic carbocycles. The van der Waals surface area contributed by atoms with E-state index < -0.39 is 7.14 Å². The zero-order valence-corrected chi connectivity index (χ0v) is 40.9. The lowest BCUT2D eigenvalue weighted by Crippen LogP contribution is -2.25. The number of nitrogens with zero attached hydrogens (tertiary/aromatic N) is 2. The summed E-state index contributed by atoms with van der Waals surface area (Å²) < 4.78 is 16.6. The van der Waals surface area contributed by atoms with E-state index in [4.69, 9.17) is 4.98 Å². The number of benzene rings is 12. The summed E-state index contributed by atoms with van der Waals surface area (Å²) in [5.74, 6) is 0. The first-order valence-electron chi connectivity index (χ1n) is 23.8. The van der Waals surface area contributed by atoms with Crippen LogP contribution in [0.4, 0.5) is 0 Å². The van der Waals surface area contributed by atoms with Crippen molar-refractivity contribution in [3.05, 3.63) is 260 Å². The molecule has 0 fully saturated rings. The van der Waals surface area contributed by atoms with Gasteiger partial charge in [-0.3, -0.25) is 9.97 Å². The number of hydrogen-bond donors (Lipinski definition) is 0. The Morgan fingerprint density at radius 1 is 0.310 bits per heavy atom. The maximum absolute atomic E-state index is 15.5. The van der Waals surface area contributed by atoms with Crippen molar-refractivity contribution < 1.29 is 4.57 Å². The maximum Gasteiger partial charge on any atom is 0.171 e. The van der Waals surface area contributed by atoms with E-state index in [2.05, 4.69) is 173 Å². The molecular formula is C66H42BrN2OP. The lowest BCUT2D eigenvalue weighted by molar-refractivity contribution is 0.592. The van der Waals surface area contributed by atoms with Gasteiger partial charge in [0.1, 0.15) is 0 Å². The quantitative estimate of drug-likeness (QED) is 0.118. The van der Waals surface area contributed by atoms with Crippen molar-refractivity contribution in [1.82, 2.24) is 9.97 Å². The molecule has 0 amide bonds. The Labute approximate surface area is 419 Å². The average Bonchev–Trinajstić information content (AvgIpc) is 3.44. The number of halogens is 1. The summed E-state index contributed by atoms with van der Waals surface area (Å²) in [5, 5.41) is 17.7. The van der Waals surface area contributed by atoms with Gasteiger partial charge in [0.05, 0.1) is 11.4 Å². The van der Waals surface area contributed by atoms with Crippen LogP contribution >= 0.6 is 23.1 Å². The Balaban J connectivity index is 0.000000148. The van der Waals surface area contributed by atoms with E-state index >= 15 is 4.57 Å². The van der Waals surface area contributed by atoms with E-state index in [1.165, 1.54) is 75.8 Å². The summed E-state index contributed by atoms with van der Waals surface area (Å²) in [7, 11) is -3.22. The van der Waals surface area contributed by atoms with Gasteiger partial charge < -0.3 is 4.57 Å². The van der Waals surface area contributed by atoms with Crippen molar-refractivity contribution >= 4 is 104 Å². The molecule has 334 valence electrons. The number of pyridine rings is 2. The van der Waals surface area contributed by atoms with Crippen LogP contribution in [0, 0.1) is 0 Å². The van der Waals surface area contributed by atoms with Crippen LogP contribution in [0.2, 0.25) is 0 Å². The van der Waals surface area contributed by atoms with Crippen LogP contribution in [0.15, 0.2) is 260 Å². The monoisotopic (exact) mass is 988 g/mol. The summed E-state index contributed by atoms with van der Waals surface area (Å²) in [6, 6.07) is 84.4. The molecule has 0 saturated heterocycles. The topological polar surface area (TPSA) is 42.9 Å². The van der Waals surface area contributed by atoms with Crippen molar-refractivity contribution in [1.29, 1.82) is 0 Å². The lowest BCUT2D eigenvalue weighted by Gasteiger charge is -2.22. The fraction of sp³-hybridized carbons (Fsp3) is 0. The standard InChI is InChI=1S/C39H26NOP.C27H16BrN/c41-42(32-12-3-1-4-13-32,33-14-5-2-6-15-33)34-25-30(24-31(26-34)37-16-7-8-23-40-37)35-21-19-29-18-17-27-10-9-11-28-20-22-36(35)39(29)38(27)28;28-22-15-20(14-21(16-22)25-6-1-2-13-29-25)23-11-9-19-8-7-17-4-3-5-18-10-12-24(23)27(19)26(17)18/h1-26H;1-16H. The van der Waals surface area contributed by atoms with Crippen molar-refractivity contribution in [3.63, 3.8) is 0 Å².